The number of rotatable bonds is 5. The Kier molecular flexibility index (Phi) is 4.11. The lowest BCUT2D eigenvalue weighted by Crippen LogP contribution is -2.30. The molecule has 3 heterocycles. The zero-order valence-corrected chi connectivity index (χ0v) is 13.5. The first-order chi connectivity index (χ1) is 11.1. The quantitative estimate of drug-likeness (QED) is 0.739. The zero-order valence-electron chi connectivity index (χ0n) is 12.6. The first-order valence-electron chi connectivity index (χ1n) is 6.88. The van der Waals surface area contributed by atoms with Crippen LogP contribution in [0.4, 0.5) is 0 Å². The molecule has 3 aromatic rings. The van der Waals surface area contributed by atoms with E-state index in [0.717, 1.165) is 4.83 Å². The third-order valence-corrected chi connectivity index (χ3v) is 4.14. The number of carbonyl (C=O) groups excluding carboxylic acids is 1. The molecule has 0 saturated heterocycles. The maximum atomic E-state index is 12.2. The largest absolute Gasteiger partial charge is 0.479 e. The highest BCUT2D eigenvalue weighted by molar-refractivity contribution is 7.16. The first kappa shape index (κ1) is 15.2. The molecule has 1 N–H and O–H groups in total. The van der Waals surface area contributed by atoms with Crippen molar-refractivity contribution in [2.75, 3.05) is 13.7 Å². The monoisotopic (exact) mass is 333 g/mol. The average molecular weight is 333 g/mol. The van der Waals surface area contributed by atoms with Crippen LogP contribution in [0.3, 0.4) is 0 Å². The number of methoxy groups -OCH3 is 1. The third kappa shape index (κ3) is 2.95. The third-order valence-electron chi connectivity index (χ3n) is 3.32. The van der Waals surface area contributed by atoms with Gasteiger partial charge in [-0.05, 0) is 11.4 Å². The molecule has 0 spiro atoms. The van der Waals surface area contributed by atoms with Crippen LogP contribution in [-0.2, 0) is 13.6 Å². The lowest BCUT2D eigenvalue weighted by atomic mass is 10.3. The Bertz CT molecular complexity index is 911. The summed E-state index contributed by atoms with van der Waals surface area (Å²) in [6, 6.07) is 1.75. The Morgan fingerprint density at radius 2 is 2.30 bits per heavy atom. The van der Waals surface area contributed by atoms with E-state index in [9.17, 15) is 9.59 Å². The molecule has 0 aliphatic heterocycles. The van der Waals surface area contributed by atoms with E-state index in [4.69, 9.17) is 4.74 Å². The minimum atomic E-state index is -0.299. The molecule has 120 valence electrons. The molecule has 0 fully saturated rings. The van der Waals surface area contributed by atoms with Gasteiger partial charge in [0.05, 0.1) is 18.8 Å². The van der Waals surface area contributed by atoms with Gasteiger partial charge in [-0.15, -0.1) is 16.4 Å². The van der Waals surface area contributed by atoms with E-state index in [1.54, 1.807) is 19.3 Å². The molecule has 8 nitrogen and oxygen atoms in total. The summed E-state index contributed by atoms with van der Waals surface area (Å²) in [7, 11) is 3.17. The van der Waals surface area contributed by atoms with Crippen molar-refractivity contribution in [3.05, 3.63) is 39.9 Å². The number of amides is 1. The molecule has 0 atom stereocenters. The summed E-state index contributed by atoms with van der Waals surface area (Å²) in [5.41, 5.74) is 0.248. The van der Waals surface area contributed by atoms with Gasteiger partial charge in [0.25, 0.3) is 11.5 Å². The SMILES string of the molecule is COc1nn(C)cc1C(=O)NCCn1cnc2sccc2c1=O. The number of hydrogen-bond donors (Lipinski definition) is 1. The zero-order chi connectivity index (χ0) is 16.4. The van der Waals surface area contributed by atoms with Crippen molar-refractivity contribution in [2.24, 2.45) is 7.05 Å². The van der Waals surface area contributed by atoms with Crippen LogP contribution in [0.15, 0.2) is 28.8 Å². The van der Waals surface area contributed by atoms with Crippen molar-refractivity contribution in [2.45, 2.75) is 6.54 Å². The molecule has 0 unspecified atom stereocenters. The highest BCUT2D eigenvalue weighted by Gasteiger charge is 2.15. The lowest BCUT2D eigenvalue weighted by molar-refractivity contribution is 0.0949. The minimum Gasteiger partial charge on any atom is -0.479 e. The van der Waals surface area contributed by atoms with E-state index in [0.29, 0.717) is 24.0 Å². The van der Waals surface area contributed by atoms with Crippen molar-refractivity contribution < 1.29 is 9.53 Å². The second-order valence-electron chi connectivity index (χ2n) is 4.86. The van der Waals surface area contributed by atoms with Gasteiger partial charge >= 0.3 is 0 Å². The maximum absolute atomic E-state index is 12.2. The van der Waals surface area contributed by atoms with Gasteiger partial charge in [0.1, 0.15) is 10.4 Å². The topological polar surface area (TPSA) is 91.0 Å². The molecule has 0 aliphatic carbocycles. The predicted octanol–water partition coefficient (Wildman–Crippen LogP) is 0.630. The molecule has 0 radical (unpaired) electrons. The standard InChI is InChI=1S/C14H15N5O3S/c1-18-7-10(12(17-18)22-2)11(20)15-4-5-19-8-16-13-9(14(19)21)3-6-23-13/h3,6-8H,4-5H2,1-2H3,(H,15,20). The number of aromatic nitrogens is 4. The number of fused-ring (bicyclic) bond motifs is 1. The molecule has 3 rings (SSSR count). The van der Waals surface area contributed by atoms with Crippen LogP contribution in [0, 0.1) is 0 Å². The molecule has 0 aromatic carbocycles. The summed E-state index contributed by atoms with van der Waals surface area (Å²) in [4.78, 5) is 29.3. The summed E-state index contributed by atoms with van der Waals surface area (Å²) in [5, 5.41) is 9.20. The number of nitrogens with zero attached hydrogens (tertiary/aromatic N) is 4. The fourth-order valence-electron chi connectivity index (χ4n) is 2.21. The minimum absolute atomic E-state index is 0.107. The van der Waals surface area contributed by atoms with E-state index in [1.807, 2.05) is 5.38 Å². The Labute approximate surface area is 135 Å². The van der Waals surface area contributed by atoms with E-state index in [1.165, 1.54) is 34.0 Å². The fourth-order valence-corrected chi connectivity index (χ4v) is 2.94. The molecule has 0 aliphatic rings. The number of carbonyl (C=O) groups is 1. The Morgan fingerprint density at radius 3 is 3.09 bits per heavy atom. The number of aryl methyl sites for hydroxylation is 1. The van der Waals surface area contributed by atoms with Crippen molar-refractivity contribution in [1.82, 2.24) is 24.6 Å². The van der Waals surface area contributed by atoms with Gasteiger partial charge in [-0.3, -0.25) is 18.8 Å². The summed E-state index contributed by atoms with van der Waals surface area (Å²) in [6.07, 6.45) is 3.08. The van der Waals surface area contributed by atoms with Gasteiger partial charge < -0.3 is 10.1 Å². The van der Waals surface area contributed by atoms with Crippen LogP contribution < -0.4 is 15.6 Å². The molecule has 9 heteroatoms. The van der Waals surface area contributed by atoms with E-state index >= 15 is 0 Å². The van der Waals surface area contributed by atoms with E-state index in [-0.39, 0.29) is 17.3 Å². The molecule has 0 saturated carbocycles. The maximum Gasteiger partial charge on any atom is 0.262 e. The van der Waals surface area contributed by atoms with Crippen molar-refractivity contribution in [3.8, 4) is 5.88 Å². The van der Waals surface area contributed by atoms with Gasteiger partial charge in [-0.25, -0.2) is 4.98 Å². The van der Waals surface area contributed by atoms with Gasteiger partial charge in [-0.2, -0.15) is 0 Å². The van der Waals surface area contributed by atoms with Gasteiger partial charge in [0, 0.05) is 26.3 Å². The lowest BCUT2D eigenvalue weighted by Gasteiger charge is -2.07. The van der Waals surface area contributed by atoms with E-state index < -0.39 is 0 Å². The van der Waals surface area contributed by atoms with Crippen LogP contribution >= 0.6 is 11.3 Å². The predicted molar refractivity (Wildman–Crippen MR) is 86.0 cm³/mol. The van der Waals surface area contributed by atoms with E-state index in [2.05, 4.69) is 15.4 Å². The average Bonchev–Trinajstić information content (AvgIpc) is 3.15. The van der Waals surface area contributed by atoms with Crippen molar-refractivity contribution in [3.63, 3.8) is 0 Å². The molecule has 23 heavy (non-hydrogen) atoms. The highest BCUT2D eigenvalue weighted by Crippen LogP contribution is 2.14. The van der Waals surface area contributed by atoms with Crippen molar-refractivity contribution >= 4 is 27.5 Å². The molecular weight excluding hydrogens is 318 g/mol. The smallest absolute Gasteiger partial charge is 0.262 e. The summed E-state index contributed by atoms with van der Waals surface area (Å²) in [6.45, 7) is 0.639. The summed E-state index contributed by atoms with van der Waals surface area (Å²) < 4.78 is 8.04. The highest BCUT2D eigenvalue weighted by atomic mass is 32.1. The van der Waals surface area contributed by atoms with Crippen LogP contribution in [0.1, 0.15) is 10.4 Å². The molecule has 1 amide bonds. The first-order valence-corrected chi connectivity index (χ1v) is 7.76. The second-order valence-corrected chi connectivity index (χ2v) is 5.76. The fraction of sp³-hybridized carbons (Fsp3) is 0.286. The van der Waals surface area contributed by atoms with Crippen LogP contribution in [0.2, 0.25) is 0 Å². The second kappa shape index (κ2) is 6.21. The number of thiophene rings is 1. The Morgan fingerprint density at radius 1 is 1.48 bits per heavy atom. The van der Waals surface area contributed by atoms with Crippen LogP contribution in [0.25, 0.3) is 10.2 Å². The van der Waals surface area contributed by atoms with Crippen LogP contribution in [0.5, 0.6) is 5.88 Å². The number of nitrogens with one attached hydrogen (secondary N) is 1. The number of ether oxygens (including phenoxy) is 1. The van der Waals surface area contributed by atoms with Gasteiger partial charge in [0.2, 0.25) is 5.88 Å². The van der Waals surface area contributed by atoms with Crippen molar-refractivity contribution in [1.29, 1.82) is 0 Å². The van der Waals surface area contributed by atoms with Gasteiger partial charge in [-0.1, -0.05) is 0 Å². The molecule has 0 bridgehead atoms. The van der Waals surface area contributed by atoms with Gasteiger partial charge in [0.15, 0.2) is 0 Å². The molecule has 3 aromatic heterocycles. The van der Waals surface area contributed by atoms with Crippen LogP contribution in [-0.4, -0.2) is 38.9 Å². The molecular formula is C14H15N5O3S. The Hall–Kier alpha value is -2.68. The normalized spacial score (nSPS) is 10.9. The number of hydrogen-bond acceptors (Lipinski definition) is 6. The summed E-state index contributed by atoms with van der Waals surface area (Å²) in [5.74, 6) is -0.0314. The Balaban J connectivity index is 1.67. The summed E-state index contributed by atoms with van der Waals surface area (Å²) >= 11 is 1.43.